The normalized spacial score (nSPS) is 20.6. The summed E-state index contributed by atoms with van der Waals surface area (Å²) in [7, 11) is 0. The molecule has 0 N–H and O–H groups in total. The predicted molar refractivity (Wildman–Crippen MR) is 121 cm³/mol. The highest BCUT2D eigenvalue weighted by molar-refractivity contribution is 5.99. The van der Waals surface area contributed by atoms with Crippen molar-refractivity contribution in [2.75, 3.05) is 31.1 Å². The molecule has 0 bridgehead atoms. The van der Waals surface area contributed by atoms with E-state index in [0.717, 1.165) is 73.6 Å². The van der Waals surface area contributed by atoms with Gasteiger partial charge in [-0.3, -0.25) is 9.59 Å². The highest BCUT2D eigenvalue weighted by Gasteiger charge is 2.29. The minimum Gasteiger partial charge on any atom is -0.338 e. The summed E-state index contributed by atoms with van der Waals surface area (Å²) in [5.41, 5.74) is 4.80. The summed E-state index contributed by atoms with van der Waals surface area (Å²) in [5, 5.41) is 0. The van der Waals surface area contributed by atoms with E-state index >= 15 is 0 Å². The molecule has 0 aliphatic carbocycles. The van der Waals surface area contributed by atoms with Crippen LogP contribution in [0.4, 0.5) is 11.5 Å². The first-order valence-corrected chi connectivity index (χ1v) is 11.5. The summed E-state index contributed by atoms with van der Waals surface area (Å²) in [4.78, 5) is 36.3. The van der Waals surface area contributed by atoms with Crippen molar-refractivity contribution in [3.63, 3.8) is 0 Å². The highest BCUT2D eigenvalue weighted by Crippen LogP contribution is 2.35. The van der Waals surface area contributed by atoms with Crippen molar-refractivity contribution in [1.82, 2.24) is 14.8 Å². The van der Waals surface area contributed by atoms with E-state index in [1.165, 1.54) is 6.42 Å². The fourth-order valence-electron chi connectivity index (χ4n) is 5.18. The van der Waals surface area contributed by atoms with Crippen LogP contribution in [0.2, 0.25) is 0 Å². The maximum Gasteiger partial charge on any atom is 0.255 e. The van der Waals surface area contributed by atoms with Crippen LogP contribution >= 0.6 is 0 Å². The van der Waals surface area contributed by atoms with Gasteiger partial charge in [0, 0.05) is 50.2 Å². The molecule has 31 heavy (non-hydrogen) atoms. The van der Waals surface area contributed by atoms with Gasteiger partial charge in [-0.25, -0.2) is 4.98 Å². The van der Waals surface area contributed by atoms with Crippen LogP contribution in [-0.2, 0) is 13.0 Å². The van der Waals surface area contributed by atoms with Crippen molar-refractivity contribution in [2.45, 2.75) is 46.1 Å². The lowest BCUT2D eigenvalue weighted by molar-refractivity contribution is 0.0682. The minimum atomic E-state index is 0.106. The average Bonchev–Trinajstić information content (AvgIpc) is 3.12. The molecule has 2 amide bonds. The predicted octanol–water partition coefficient (Wildman–Crippen LogP) is 4.01. The first kappa shape index (κ1) is 20.0. The molecule has 0 spiro atoms. The number of anilines is 2. The lowest BCUT2D eigenvalue weighted by Gasteiger charge is -2.32. The summed E-state index contributed by atoms with van der Waals surface area (Å²) in [6, 6.07) is 8.16. The van der Waals surface area contributed by atoms with Crippen LogP contribution in [0.5, 0.6) is 0 Å². The Bertz CT molecular complexity index is 1030. The Balaban J connectivity index is 1.41. The van der Waals surface area contributed by atoms with E-state index in [0.29, 0.717) is 18.0 Å². The third-order valence-corrected chi connectivity index (χ3v) is 6.88. The Morgan fingerprint density at radius 2 is 2.03 bits per heavy atom. The van der Waals surface area contributed by atoms with Gasteiger partial charge in [-0.2, -0.15) is 0 Å². The Morgan fingerprint density at radius 3 is 2.84 bits per heavy atom. The number of pyridine rings is 1. The number of aryl methyl sites for hydroxylation is 1. The SMILES string of the molecule is CCN1Cc2cc(N3CCCc4cc(C(=O)N5CCC[C@H](C)C5)cnc43)ccc2C1=O. The first-order chi connectivity index (χ1) is 15.0. The zero-order valence-electron chi connectivity index (χ0n) is 18.4. The van der Waals surface area contributed by atoms with Crippen LogP contribution in [-0.4, -0.2) is 52.8 Å². The lowest BCUT2D eigenvalue weighted by Crippen LogP contribution is -2.39. The van der Waals surface area contributed by atoms with Crippen LogP contribution in [0.15, 0.2) is 30.5 Å². The molecule has 0 unspecified atom stereocenters. The second-order valence-corrected chi connectivity index (χ2v) is 9.12. The molecule has 162 valence electrons. The molecule has 2 aromatic rings. The molecule has 3 aliphatic rings. The Labute approximate surface area is 183 Å². The number of nitrogens with zero attached hydrogens (tertiary/aromatic N) is 4. The maximum absolute atomic E-state index is 13.0. The Kier molecular flexibility index (Phi) is 5.16. The van der Waals surface area contributed by atoms with E-state index in [1.54, 1.807) is 6.20 Å². The van der Waals surface area contributed by atoms with Gasteiger partial charge in [0.15, 0.2) is 0 Å². The lowest BCUT2D eigenvalue weighted by atomic mass is 9.98. The van der Waals surface area contributed by atoms with Gasteiger partial charge < -0.3 is 14.7 Å². The van der Waals surface area contributed by atoms with Crippen LogP contribution in [0.3, 0.4) is 0 Å². The quantitative estimate of drug-likeness (QED) is 0.756. The first-order valence-electron chi connectivity index (χ1n) is 11.5. The molecular formula is C25H30N4O2. The van der Waals surface area contributed by atoms with Gasteiger partial charge in [-0.15, -0.1) is 0 Å². The van der Waals surface area contributed by atoms with E-state index in [4.69, 9.17) is 4.98 Å². The van der Waals surface area contributed by atoms with Crippen molar-refractivity contribution < 1.29 is 9.59 Å². The number of fused-ring (bicyclic) bond motifs is 2. The van der Waals surface area contributed by atoms with Gasteiger partial charge in [0.25, 0.3) is 11.8 Å². The number of amides is 2. The van der Waals surface area contributed by atoms with Gasteiger partial charge in [0.2, 0.25) is 0 Å². The van der Waals surface area contributed by atoms with Gasteiger partial charge >= 0.3 is 0 Å². The molecule has 3 aliphatic heterocycles. The topological polar surface area (TPSA) is 56.8 Å². The van der Waals surface area contributed by atoms with Crippen molar-refractivity contribution in [1.29, 1.82) is 0 Å². The second kappa shape index (κ2) is 7.98. The highest BCUT2D eigenvalue weighted by atomic mass is 16.2. The van der Waals surface area contributed by atoms with E-state index in [1.807, 2.05) is 34.9 Å². The fraction of sp³-hybridized carbons (Fsp3) is 0.480. The third kappa shape index (κ3) is 3.58. The molecule has 1 atom stereocenters. The summed E-state index contributed by atoms with van der Waals surface area (Å²) >= 11 is 0. The van der Waals surface area contributed by atoms with Crippen molar-refractivity contribution in [3.05, 3.63) is 52.7 Å². The minimum absolute atomic E-state index is 0.106. The van der Waals surface area contributed by atoms with E-state index in [-0.39, 0.29) is 11.8 Å². The number of hydrogen-bond acceptors (Lipinski definition) is 4. The van der Waals surface area contributed by atoms with Crippen LogP contribution < -0.4 is 4.90 Å². The second-order valence-electron chi connectivity index (χ2n) is 9.12. The summed E-state index contributed by atoms with van der Waals surface area (Å²) in [5.74, 6) is 1.73. The molecular weight excluding hydrogens is 388 g/mol. The smallest absolute Gasteiger partial charge is 0.255 e. The summed E-state index contributed by atoms with van der Waals surface area (Å²) in [6.07, 6.45) is 5.97. The van der Waals surface area contributed by atoms with Crippen LogP contribution in [0, 0.1) is 5.92 Å². The van der Waals surface area contributed by atoms with Crippen molar-refractivity contribution in [3.8, 4) is 0 Å². The number of piperidine rings is 1. The largest absolute Gasteiger partial charge is 0.338 e. The molecule has 0 radical (unpaired) electrons. The molecule has 6 nitrogen and oxygen atoms in total. The standard InChI is InChI=1S/C25H30N4O2/c1-3-27-16-20-13-21(8-9-22(20)25(27)31)29-11-5-7-18-12-19(14-26-23(18)29)24(30)28-10-4-6-17(2)15-28/h8-9,12-14,17H,3-7,10-11,15-16H2,1-2H3/t17-/m0/s1. The average molecular weight is 419 g/mol. The van der Waals surface area contributed by atoms with Crippen LogP contribution in [0.25, 0.3) is 0 Å². The summed E-state index contributed by atoms with van der Waals surface area (Å²) in [6.45, 7) is 8.20. The van der Waals surface area contributed by atoms with Crippen molar-refractivity contribution >= 4 is 23.3 Å². The van der Waals surface area contributed by atoms with E-state index in [9.17, 15) is 9.59 Å². The van der Waals surface area contributed by atoms with Crippen LogP contribution in [0.1, 0.15) is 65.0 Å². The van der Waals surface area contributed by atoms with Gasteiger partial charge in [-0.1, -0.05) is 6.92 Å². The number of carbonyl (C=O) groups is 2. The molecule has 6 heteroatoms. The fourth-order valence-corrected chi connectivity index (χ4v) is 5.18. The number of benzene rings is 1. The number of likely N-dealkylation sites (tertiary alicyclic amines) is 1. The van der Waals surface area contributed by atoms with Gasteiger partial charge in [0.05, 0.1) is 5.56 Å². The summed E-state index contributed by atoms with van der Waals surface area (Å²) < 4.78 is 0. The van der Waals surface area contributed by atoms with E-state index in [2.05, 4.69) is 17.9 Å². The van der Waals surface area contributed by atoms with Crippen molar-refractivity contribution in [2.24, 2.45) is 5.92 Å². The molecule has 1 aromatic heterocycles. The molecule has 1 saturated heterocycles. The third-order valence-electron chi connectivity index (χ3n) is 6.88. The molecule has 0 saturated carbocycles. The zero-order chi connectivity index (χ0) is 21.5. The zero-order valence-corrected chi connectivity index (χ0v) is 18.4. The monoisotopic (exact) mass is 418 g/mol. The number of carbonyl (C=O) groups excluding carboxylic acids is 2. The number of hydrogen-bond donors (Lipinski definition) is 0. The van der Waals surface area contributed by atoms with Gasteiger partial charge in [0.1, 0.15) is 5.82 Å². The maximum atomic E-state index is 13.0. The van der Waals surface area contributed by atoms with Gasteiger partial charge in [-0.05, 0) is 73.9 Å². The number of rotatable bonds is 3. The Hall–Kier alpha value is -2.89. The molecule has 1 fully saturated rings. The van der Waals surface area contributed by atoms with E-state index < -0.39 is 0 Å². The number of aromatic nitrogens is 1. The Morgan fingerprint density at radius 1 is 1.16 bits per heavy atom. The molecule has 4 heterocycles. The molecule has 1 aromatic carbocycles. The molecule has 5 rings (SSSR count).